The van der Waals surface area contributed by atoms with Crippen LogP contribution in [0.15, 0.2) is 18.2 Å². The zero-order valence-corrected chi connectivity index (χ0v) is 12.0. The Morgan fingerprint density at radius 1 is 1.43 bits per heavy atom. The minimum absolute atomic E-state index is 0.0253. The van der Waals surface area contributed by atoms with Gasteiger partial charge in [-0.1, -0.05) is 0 Å². The van der Waals surface area contributed by atoms with E-state index in [-0.39, 0.29) is 30.2 Å². The average Bonchev–Trinajstić information content (AvgIpc) is 3.08. The number of halogens is 1. The van der Waals surface area contributed by atoms with Crippen molar-refractivity contribution in [3.05, 3.63) is 29.6 Å². The number of rotatable bonds is 4. The summed E-state index contributed by atoms with van der Waals surface area (Å²) in [6.07, 6.45) is 3.34. The lowest BCUT2D eigenvalue weighted by Crippen LogP contribution is -2.45. The lowest BCUT2D eigenvalue weighted by atomic mass is 9.85. The molecule has 21 heavy (non-hydrogen) atoms. The van der Waals surface area contributed by atoms with E-state index < -0.39 is 5.82 Å². The number of methoxy groups -OCH3 is 1. The van der Waals surface area contributed by atoms with E-state index in [9.17, 15) is 14.3 Å². The molecule has 1 amide bonds. The van der Waals surface area contributed by atoms with E-state index >= 15 is 0 Å². The predicted octanol–water partition coefficient (Wildman–Crippen LogP) is 1.97. The predicted molar refractivity (Wildman–Crippen MR) is 75.6 cm³/mol. The minimum atomic E-state index is -0.484. The molecule has 4 unspecified atom stereocenters. The van der Waals surface area contributed by atoms with Crippen LogP contribution in [0.5, 0.6) is 5.75 Å². The maximum absolute atomic E-state index is 13.4. The Morgan fingerprint density at radius 2 is 2.19 bits per heavy atom. The maximum atomic E-state index is 13.4. The molecule has 4 atom stereocenters. The van der Waals surface area contributed by atoms with Crippen LogP contribution in [0.1, 0.15) is 29.6 Å². The van der Waals surface area contributed by atoms with Gasteiger partial charge in [-0.25, -0.2) is 4.39 Å². The van der Waals surface area contributed by atoms with Crippen molar-refractivity contribution in [1.82, 2.24) is 5.32 Å². The average molecular weight is 293 g/mol. The molecule has 0 heterocycles. The van der Waals surface area contributed by atoms with Gasteiger partial charge in [0.2, 0.25) is 0 Å². The lowest BCUT2D eigenvalue weighted by molar-refractivity contribution is 0.0861. The van der Waals surface area contributed by atoms with Crippen molar-refractivity contribution in [1.29, 1.82) is 0 Å². The first-order valence-electron chi connectivity index (χ1n) is 7.39. The smallest absolute Gasteiger partial charge is 0.251 e. The first-order valence-corrected chi connectivity index (χ1v) is 7.39. The van der Waals surface area contributed by atoms with Crippen LogP contribution in [0.2, 0.25) is 0 Å². The Hall–Kier alpha value is -1.62. The van der Waals surface area contributed by atoms with Gasteiger partial charge in [0.25, 0.3) is 5.91 Å². The summed E-state index contributed by atoms with van der Waals surface area (Å²) in [5, 5.41) is 12.6. The molecule has 2 aliphatic rings. The van der Waals surface area contributed by atoms with Crippen molar-refractivity contribution >= 4 is 5.91 Å². The molecule has 5 heteroatoms. The summed E-state index contributed by atoms with van der Waals surface area (Å²) < 4.78 is 18.3. The highest BCUT2D eigenvalue weighted by Gasteiger charge is 2.47. The van der Waals surface area contributed by atoms with Gasteiger partial charge in [0.1, 0.15) is 0 Å². The molecule has 4 nitrogen and oxygen atoms in total. The molecule has 1 aromatic rings. The lowest BCUT2D eigenvalue weighted by Gasteiger charge is -2.30. The van der Waals surface area contributed by atoms with Crippen molar-refractivity contribution in [3.63, 3.8) is 0 Å². The van der Waals surface area contributed by atoms with Crippen molar-refractivity contribution in [2.24, 2.45) is 17.8 Å². The first-order chi connectivity index (χ1) is 10.1. The van der Waals surface area contributed by atoms with E-state index in [0.717, 1.165) is 19.3 Å². The number of ether oxygens (including phenoxy) is 1. The summed E-state index contributed by atoms with van der Waals surface area (Å²) in [6, 6.07) is 4.12. The van der Waals surface area contributed by atoms with Crippen LogP contribution >= 0.6 is 0 Å². The second-order valence-electron chi connectivity index (χ2n) is 6.03. The van der Waals surface area contributed by atoms with Crippen LogP contribution < -0.4 is 10.1 Å². The molecule has 1 aromatic carbocycles. The number of carbonyl (C=O) groups excluding carboxylic acids is 1. The fraction of sp³-hybridized carbons (Fsp3) is 0.562. The minimum Gasteiger partial charge on any atom is -0.494 e. The fourth-order valence-electron chi connectivity index (χ4n) is 3.93. The van der Waals surface area contributed by atoms with E-state index in [0.29, 0.717) is 17.4 Å². The Balaban J connectivity index is 1.74. The normalized spacial score (nSPS) is 30.4. The number of hydrogen-bond donors (Lipinski definition) is 2. The SMILES string of the molecule is COc1cc(C(=O)NC2C3CCC(C3)C2CO)ccc1F. The van der Waals surface area contributed by atoms with Gasteiger partial charge in [-0.05, 0) is 49.3 Å². The summed E-state index contributed by atoms with van der Waals surface area (Å²) >= 11 is 0. The molecular formula is C16H20FNO3. The van der Waals surface area contributed by atoms with Crippen LogP contribution in [0.3, 0.4) is 0 Å². The van der Waals surface area contributed by atoms with Gasteiger partial charge in [0.05, 0.1) is 7.11 Å². The summed E-state index contributed by atoms with van der Waals surface area (Å²) in [5.74, 6) is 0.474. The summed E-state index contributed by atoms with van der Waals surface area (Å²) in [7, 11) is 1.37. The monoisotopic (exact) mass is 293 g/mol. The molecule has 114 valence electrons. The van der Waals surface area contributed by atoms with Crippen molar-refractivity contribution in [2.75, 3.05) is 13.7 Å². The molecule has 0 spiro atoms. The maximum Gasteiger partial charge on any atom is 0.251 e. The highest BCUT2D eigenvalue weighted by Crippen LogP contribution is 2.48. The second kappa shape index (κ2) is 5.64. The largest absolute Gasteiger partial charge is 0.494 e. The zero-order chi connectivity index (χ0) is 15.0. The quantitative estimate of drug-likeness (QED) is 0.892. The number of nitrogens with one attached hydrogen (secondary N) is 1. The summed E-state index contributed by atoms with van der Waals surface area (Å²) in [5.41, 5.74) is 0.382. The number of hydrogen-bond acceptors (Lipinski definition) is 3. The fourth-order valence-corrected chi connectivity index (χ4v) is 3.93. The summed E-state index contributed by atoms with van der Waals surface area (Å²) in [4.78, 5) is 12.3. The number of aliphatic hydroxyl groups excluding tert-OH is 1. The molecule has 2 fully saturated rings. The van der Waals surface area contributed by atoms with Gasteiger partial charge in [0, 0.05) is 24.1 Å². The van der Waals surface area contributed by atoms with Gasteiger partial charge in [-0.2, -0.15) is 0 Å². The van der Waals surface area contributed by atoms with Crippen LogP contribution in [0.4, 0.5) is 4.39 Å². The molecule has 3 rings (SSSR count). The van der Waals surface area contributed by atoms with Crippen LogP contribution in [0, 0.1) is 23.6 Å². The molecule has 0 aromatic heterocycles. The van der Waals surface area contributed by atoms with Crippen molar-refractivity contribution in [3.8, 4) is 5.75 Å². The second-order valence-corrected chi connectivity index (χ2v) is 6.03. The van der Waals surface area contributed by atoms with Gasteiger partial charge < -0.3 is 15.2 Å². The number of amides is 1. The van der Waals surface area contributed by atoms with Crippen molar-refractivity contribution < 1.29 is 19.0 Å². The summed E-state index contributed by atoms with van der Waals surface area (Å²) in [6.45, 7) is 0.110. The van der Waals surface area contributed by atoms with Crippen molar-refractivity contribution in [2.45, 2.75) is 25.3 Å². The molecule has 2 bridgehead atoms. The molecular weight excluding hydrogens is 273 g/mol. The van der Waals surface area contributed by atoms with E-state index in [4.69, 9.17) is 4.74 Å². The Bertz CT molecular complexity index is 548. The zero-order valence-electron chi connectivity index (χ0n) is 12.0. The van der Waals surface area contributed by atoms with Gasteiger partial charge >= 0.3 is 0 Å². The number of fused-ring (bicyclic) bond motifs is 2. The van der Waals surface area contributed by atoms with Crippen LogP contribution in [0.25, 0.3) is 0 Å². The van der Waals surface area contributed by atoms with Gasteiger partial charge in [-0.15, -0.1) is 0 Å². The standard InChI is InChI=1S/C16H20FNO3/c1-21-14-7-11(4-5-13(14)17)16(20)18-15-10-3-2-9(6-10)12(15)8-19/h4-5,7,9-10,12,15,19H,2-3,6,8H2,1H3,(H,18,20). The molecule has 0 aliphatic heterocycles. The van der Waals surface area contributed by atoms with Crippen LogP contribution in [-0.2, 0) is 0 Å². The highest BCUT2D eigenvalue weighted by molar-refractivity contribution is 5.94. The molecule has 2 saturated carbocycles. The molecule has 0 saturated heterocycles. The third-order valence-corrected chi connectivity index (χ3v) is 5.01. The third-order valence-electron chi connectivity index (χ3n) is 5.01. The highest BCUT2D eigenvalue weighted by atomic mass is 19.1. The number of benzene rings is 1. The first kappa shape index (κ1) is 14.3. The molecule has 2 N–H and O–H groups in total. The van der Waals surface area contributed by atoms with E-state index in [1.807, 2.05) is 0 Å². The van der Waals surface area contributed by atoms with Gasteiger partial charge in [0.15, 0.2) is 11.6 Å². The van der Waals surface area contributed by atoms with E-state index in [2.05, 4.69) is 5.32 Å². The Labute approximate surface area is 123 Å². The van der Waals surface area contributed by atoms with Gasteiger partial charge in [-0.3, -0.25) is 4.79 Å². The van der Waals surface area contributed by atoms with E-state index in [1.54, 1.807) is 0 Å². The number of carbonyl (C=O) groups is 1. The van der Waals surface area contributed by atoms with E-state index in [1.165, 1.54) is 25.3 Å². The molecule has 2 aliphatic carbocycles. The Morgan fingerprint density at radius 3 is 2.90 bits per heavy atom. The Kier molecular flexibility index (Phi) is 3.85. The molecule has 0 radical (unpaired) electrons. The number of aliphatic hydroxyl groups is 1. The third kappa shape index (κ3) is 2.50. The van der Waals surface area contributed by atoms with Crippen LogP contribution in [-0.4, -0.2) is 30.8 Å². The topological polar surface area (TPSA) is 58.6 Å².